The van der Waals surface area contributed by atoms with E-state index >= 15 is 0 Å². The minimum atomic E-state index is -1.10. The van der Waals surface area contributed by atoms with E-state index in [0.29, 0.717) is 11.3 Å². The Balaban J connectivity index is 1.87. The summed E-state index contributed by atoms with van der Waals surface area (Å²) >= 11 is 0. The first-order chi connectivity index (χ1) is 12.9. The molecular formula is C20H17NO6. The molecule has 2 amide bonds. The summed E-state index contributed by atoms with van der Waals surface area (Å²) in [4.78, 5) is 49.6. The van der Waals surface area contributed by atoms with E-state index in [1.54, 1.807) is 48.5 Å². The van der Waals surface area contributed by atoms with Gasteiger partial charge < -0.3 is 9.47 Å². The molecule has 0 N–H and O–H groups in total. The molecule has 0 fully saturated rings. The van der Waals surface area contributed by atoms with Crippen LogP contribution in [-0.4, -0.2) is 41.8 Å². The number of ether oxygens (including phenoxy) is 2. The van der Waals surface area contributed by atoms with Crippen molar-refractivity contribution in [3.63, 3.8) is 0 Å². The minimum Gasteiger partial charge on any atom is -0.467 e. The summed E-state index contributed by atoms with van der Waals surface area (Å²) < 4.78 is 9.78. The monoisotopic (exact) mass is 367 g/mol. The van der Waals surface area contributed by atoms with E-state index in [4.69, 9.17) is 9.47 Å². The molecule has 2 aromatic rings. The number of amides is 2. The van der Waals surface area contributed by atoms with Gasteiger partial charge in [0.15, 0.2) is 0 Å². The maximum Gasteiger partial charge on any atom is 0.329 e. The Hall–Kier alpha value is -3.48. The molecule has 1 heterocycles. The Morgan fingerprint density at radius 1 is 0.963 bits per heavy atom. The van der Waals surface area contributed by atoms with Crippen molar-refractivity contribution in [3.05, 3.63) is 65.2 Å². The SMILES string of the molecule is COC(=O)C(Cc1ccc(OC(C)=O)cc1)N1C(=O)c2ccccc2C1=O. The minimum absolute atomic E-state index is 0.0818. The maximum atomic E-state index is 12.7. The fraction of sp³-hybridized carbons (Fsp3) is 0.200. The lowest BCUT2D eigenvalue weighted by molar-refractivity contribution is -0.145. The van der Waals surface area contributed by atoms with Gasteiger partial charge in [-0.05, 0) is 29.8 Å². The van der Waals surface area contributed by atoms with E-state index in [0.717, 1.165) is 4.90 Å². The van der Waals surface area contributed by atoms with Gasteiger partial charge in [0, 0.05) is 13.3 Å². The lowest BCUT2D eigenvalue weighted by atomic mass is 10.0. The van der Waals surface area contributed by atoms with Gasteiger partial charge >= 0.3 is 11.9 Å². The number of carbonyl (C=O) groups is 4. The van der Waals surface area contributed by atoms with Crippen molar-refractivity contribution in [2.24, 2.45) is 0 Å². The van der Waals surface area contributed by atoms with Crippen LogP contribution in [0, 0.1) is 0 Å². The van der Waals surface area contributed by atoms with Crippen LogP contribution < -0.4 is 4.74 Å². The topological polar surface area (TPSA) is 90.0 Å². The third-order valence-corrected chi connectivity index (χ3v) is 4.22. The number of methoxy groups -OCH3 is 1. The fourth-order valence-corrected chi connectivity index (χ4v) is 2.99. The molecule has 1 atom stereocenters. The van der Waals surface area contributed by atoms with Crippen LogP contribution in [0.1, 0.15) is 33.2 Å². The van der Waals surface area contributed by atoms with E-state index in [9.17, 15) is 19.2 Å². The van der Waals surface area contributed by atoms with Gasteiger partial charge in [0.05, 0.1) is 18.2 Å². The molecular weight excluding hydrogens is 350 g/mol. The number of imide groups is 1. The highest BCUT2D eigenvalue weighted by Gasteiger charge is 2.43. The third kappa shape index (κ3) is 3.57. The van der Waals surface area contributed by atoms with Gasteiger partial charge in [0.2, 0.25) is 0 Å². The van der Waals surface area contributed by atoms with Crippen molar-refractivity contribution in [1.29, 1.82) is 0 Å². The third-order valence-electron chi connectivity index (χ3n) is 4.22. The second-order valence-corrected chi connectivity index (χ2v) is 6.01. The van der Waals surface area contributed by atoms with Crippen LogP contribution in [-0.2, 0) is 20.7 Å². The lowest BCUT2D eigenvalue weighted by Gasteiger charge is -2.24. The standard InChI is InChI=1S/C20H17NO6/c1-12(22)27-14-9-7-13(8-10-14)11-17(20(25)26-2)21-18(23)15-5-3-4-6-16(15)19(21)24/h3-10,17H,11H2,1-2H3. The Kier molecular flexibility index (Phi) is 5.03. The molecule has 0 bridgehead atoms. The predicted molar refractivity (Wildman–Crippen MR) is 94.2 cm³/mol. The largest absolute Gasteiger partial charge is 0.467 e. The van der Waals surface area contributed by atoms with Crippen LogP contribution >= 0.6 is 0 Å². The summed E-state index contributed by atoms with van der Waals surface area (Å²) in [5.74, 6) is -1.82. The van der Waals surface area contributed by atoms with Crippen LogP contribution in [0.3, 0.4) is 0 Å². The predicted octanol–water partition coefficient (Wildman–Crippen LogP) is 1.99. The molecule has 2 aromatic carbocycles. The highest BCUT2D eigenvalue weighted by Crippen LogP contribution is 2.26. The zero-order valence-corrected chi connectivity index (χ0v) is 14.8. The van der Waals surface area contributed by atoms with Gasteiger partial charge in [-0.1, -0.05) is 24.3 Å². The maximum absolute atomic E-state index is 12.7. The summed E-state index contributed by atoms with van der Waals surface area (Å²) in [6, 6.07) is 11.8. The molecule has 0 aliphatic carbocycles. The number of nitrogens with zero attached hydrogens (tertiary/aromatic N) is 1. The molecule has 7 heteroatoms. The summed E-state index contributed by atoms with van der Waals surface area (Å²) in [7, 11) is 1.21. The number of carbonyl (C=O) groups excluding carboxylic acids is 4. The highest BCUT2D eigenvalue weighted by molar-refractivity contribution is 6.22. The highest BCUT2D eigenvalue weighted by atomic mass is 16.5. The summed E-state index contributed by atoms with van der Waals surface area (Å²) in [6.45, 7) is 1.30. The average Bonchev–Trinajstić information content (AvgIpc) is 2.91. The van der Waals surface area contributed by atoms with E-state index < -0.39 is 29.8 Å². The average molecular weight is 367 g/mol. The molecule has 1 unspecified atom stereocenters. The second-order valence-electron chi connectivity index (χ2n) is 6.01. The van der Waals surface area contributed by atoms with Crippen molar-refractivity contribution in [1.82, 2.24) is 4.90 Å². The first kappa shape index (κ1) is 18.3. The zero-order valence-electron chi connectivity index (χ0n) is 14.8. The smallest absolute Gasteiger partial charge is 0.329 e. The van der Waals surface area contributed by atoms with Gasteiger partial charge in [-0.15, -0.1) is 0 Å². The van der Waals surface area contributed by atoms with Crippen LogP contribution in [0.15, 0.2) is 48.5 Å². The normalized spacial score (nSPS) is 13.9. The lowest BCUT2D eigenvalue weighted by Crippen LogP contribution is -2.46. The van der Waals surface area contributed by atoms with Crippen LogP contribution in [0.5, 0.6) is 5.75 Å². The van der Waals surface area contributed by atoms with Gasteiger partial charge in [0.1, 0.15) is 11.8 Å². The van der Waals surface area contributed by atoms with Gasteiger partial charge in [0.25, 0.3) is 11.8 Å². The van der Waals surface area contributed by atoms with E-state index in [-0.39, 0.29) is 17.5 Å². The number of hydrogen-bond acceptors (Lipinski definition) is 6. The van der Waals surface area contributed by atoms with E-state index in [2.05, 4.69) is 0 Å². The van der Waals surface area contributed by atoms with E-state index in [1.807, 2.05) is 0 Å². The van der Waals surface area contributed by atoms with E-state index in [1.165, 1.54) is 14.0 Å². The number of rotatable bonds is 5. The van der Waals surface area contributed by atoms with Crippen molar-refractivity contribution in [2.75, 3.05) is 7.11 Å². The second kappa shape index (κ2) is 7.41. The first-order valence-corrected chi connectivity index (χ1v) is 8.24. The summed E-state index contributed by atoms with van der Waals surface area (Å²) in [5.41, 5.74) is 1.21. The zero-order chi connectivity index (χ0) is 19.6. The molecule has 0 saturated heterocycles. The number of benzene rings is 2. The molecule has 0 saturated carbocycles. The van der Waals surface area contributed by atoms with Crippen molar-refractivity contribution >= 4 is 23.8 Å². The Morgan fingerprint density at radius 3 is 2.00 bits per heavy atom. The summed E-state index contributed by atoms with van der Waals surface area (Å²) in [6.07, 6.45) is 0.0818. The number of esters is 2. The van der Waals surface area contributed by atoms with Gasteiger partial charge in [-0.3, -0.25) is 19.3 Å². The number of fused-ring (bicyclic) bond motifs is 1. The fourth-order valence-electron chi connectivity index (χ4n) is 2.99. The molecule has 0 radical (unpaired) electrons. The van der Waals surface area contributed by atoms with Crippen LogP contribution in [0.4, 0.5) is 0 Å². The molecule has 1 aliphatic heterocycles. The van der Waals surface area contributed by atoms with Crippen molar-refractivity contribution in [3.8, 4) is 5.75 Å². The molecule has 0 spiro atoms. The van der Waals surface area contributed by atoms with Crippen LogP contribution in [0.25, 0.3) is 0 Å². The summed E-state index contributed by atoms with van der Waals surface area (Å²) in [5, 5.41) is 0. The molecule has 3 rings (SSSR count). The van der Waals surface area contributed by atoms with Crippen LogP contribution in [0.2, 0.25) is 0 Å². The molecule has 138 valence electrons. The molecule has 1 aliphatic rings. The first-order valence-electron chi connectivity index (χ1n) is 8.24. The molecule has 7 nitrogen and oxygen atoms in total. The molecule has 27 heavy (non-hydrogen) atoms. The van der Waals surface area contributed by atoms with Crippen molar-refractivity contribution < 1.29 is 28.7 Å². The van der Waals surface area contributed by atoms with Gasteiger partial charge in [-0.2, -0.15) is 0 Å². The molecule has 0 aromatic heterocycles. The Morgan fingerprint density at radius 2 is 1.52 bits per heavy atom. The Bertz CT molecular complexity index is 883. The quantitative estimate of drug-likeness (QED) is 0.456. The number of hydrogen-bond donors (Lipinski definition) is 0. The van der Waals surface area contributed by atoms with Crippen molar-refractivity contribution in [2.45, 2.75) is 19.4 Å². The van der Waals surface area contributed by atoms with Gasteiger partial charge in [-0.25, -0.2) is 4.79 Å². The Labute approximate surface area is 155 Å².